The van der Waals surface area contributed by atoms with E-state index < -0.39 is 0 Å². The van der Waals surface area contributed by atoms with Crippen molar-refractivity contribution < 1.29 is 0 Å². The van der Waals surface area contributed by atoms with Crippen LogP contribution in [-0.2, 0) is 7.05 Å². The third-order valence-corrected chi connectivity index (χ3v) is 4.75. The van der Waals surface area contributed by atoms with E-state index in [2.05, 4.69) is 26.8 Å². The number of nitrogens with zero attached hydrogens (tertiary/aromatic N) is 7. The number of hydrogen-bond acceptors (Lipinski definition) is 6. The summed E-state index contributed by atoms with van der Waals surface area (Å²) in [7, 11) is 4.13. The first kappa shape index (κ1) is 16.3. The number of likely N-dealkylation sites (N-methyl/N-ethyl adjacent to an activating group) is 1. The van der Waals surface area contributed by atoms with Crippen molar-refractivity contribution in [2.45, 2.75) is 12.8 Å². The average Bonchev–Trinajstić information content (AvgIpc) is 3.18. The lowest BCUT2D eigenvalue weighted by Crippen LogP contribution is -2.45. The minimum absolute atomic E-state index is 0. The van der Waals surface area contributed by atoms with Crippen molar-refractivity contribution in [3.05, 3.63) is 6.20 Å². The zero-order valence-corrected chi connectivity index (χ0v) is 14.6. The molecule has 0 atom stereocenters. The summed E-state index contributed by atoms with van der Waals surface area (Å²) in [6.07, 6.45) is 4.37. The molecule has 0 aliphatic carbocycles. The molecule has 126 valence electrons. The normalized spacial score (nSPS) is 19.4. The Morgan fingerprint density at radius 2 is 1.57 bits per heavy atom. The van der Waals surface area contributed by atoms with Crippen LogP contribution in [0.15, 0.2) is 6.20 Å². The molecule has 0 saturated carbocycles. The smallest absolute Gasteiger partial charge is 0.229 e. The summed E-state index contributed by atoms with van der Waals surface area (Å²) in [6, 6.07) is 0. The maximum atomic E-state index is 4.91. The van der Waals surface area contributed by atoms with Crippen LogP contribution in [0.1, 0.15) is 12.8 Å². The molecule has 2 saturated heterocycles. The van der Waals surface area contributed by atoms with E-state index in [0.29, 0.717) is 0 Å². The second kappa shape index (κ2) is 6.49. The van der Waals surface area contributed by atoms with Crippen LogP contribution in [0.3, 0.4) is 0 Å². The van der Waals surface area contributed by atoms with E-state index in [0.717, 1.165) is 62.1 Å². The maximum absolute atomic E-state index is 4.91. The van der Waals surface area contributed by atoms with Gasteiger partial charge < -0.3 is 14.7 Å². The molecule has 2 aromatic rings. The van der Waals surface area contributed by atoms with Gasteiger partial charge in [0.2, 0.25) is 5.95 Å². The molecule has 0 bridgehead atoms. The van der Waals surface area contributed by atoms with Gasteiger partial charge in [0.15, 0.2) is 5.65 Å². The Balaban J connectivity index is 0.00000156. The summed E-state index contributed by atoms with van der Waals surface area (Å²) < 4.78 is 1.86. The molecule has 2 aromatic heterocycles. The van der Waals surface area contributed by atoms with E-state index >= 15 is 0 Å². The van der Waals surface area contributed by atoms with Crippen LogP contribution >= 0.6 is 12.4 Å². The van der Waals surface area contributed by atoms with Crippen LogP contribution in [-0.4, -0.2) is 71.0 Å². The van der Waals surface area contributed by atoms with Gasteiger partial charge in [0.1, 0.15) is 5.82 Å². The molecule has 0 spiro atoms. The fraction of sp³-hybridized carbons (Fsp3) is 0.667. The third-order valence-electron chi connectivity index (χ3n) is 4.75. The summed E-state index contributed by atoms with van der Waals surface area (Å²) in [5.74, 6) is 1.91. The number of anilines is 2. The first-order chi connectivity index (χ1) is 10.7. The zero-order valence-electron chi connectivity index (χ0n) is 13.8. The van der Waals surface area contributed by atoms with Gasteiger partial charge in [0, 0.05) is 46.3 Å². The van der Waals surface area contributed by atoms with Crippen molar-refractivity contribution in [1.29, 1.82) is 0 Å². The van der Waals surface area contributed by atoms with Crippen LogP contribution in [0.4, 0.5) is 11.8 Å². The van der Waals surface area contributed by atoms with Crippen LogP contribution in [0.25, 0.3) is 11.0 Å². The molecule has 2 aliphatic rings. The third kappa shape index (κ3) is 2.95. The number of fused-ring (bicyclic) bond motifs is 1. The molecular formula is C15H24ClN7. The number of aryl methyl sites for hydroxylation is 1. The molecule has 0 aromatic carbocycles. The highest BCUT2D eigenvalue weighted by atomic mass is 35.5. The van der Waals surface area contributed by atoms with Crippen LogP contribution in [0.5, 0.6) is 0 Å². The van der Waals surface area contributed by atoms with Gasteiger partial charge in [-0.25, -0.2) is 0 Å². The topological polar surface area (TPSA) is 53.3 Å². The zero-order chi connectivity index (χ0) is 15.1. The van der Waals surface area contributed by atoms with Crippen LogP contribution in [0, 0.1) is 0 Å². The van der Waals surface area contributed by atoms with Gasteiger partial charge in [-0.1, -0.05) is 0 Å². The minimum Gasteiger partial charge on any atom is -0.353 e. The second-order valence-electron chi connectivity index (χ2n) is 6.34. The molecule has 0 amide bonds. The predicted molar refractivity (Wildman–Crippen MR) is 94.7 cm³/mol. The molecule has 2 aliphatic heterocycles. The van der Waals surface area contributed by atoms with E-state index in [1.165, 1.54) is 12.8 Å². The van der Waals surface area contributed by atoms with Crippen LogP contribution in [0.2, 0.25) is 0 Å². The maximum Gasteiger partial charge on any atom is 0.229 e. The van der Waals surface area contributed by atoms with E-state index in [4.69, 9.17) is 9.97 Å². The Morgan fingerprint density at radius 1 is 0.870 bits per heavy atom. The van der Waals surface area contributed by atoms with Gasteiger partial charge in [0.05, 0.1) is 11.6 Å². The summed E-state index contributed by atoms with van der Waals surface area (Å²) >= 11 is 0. The fourth-order valence-electron chi connectivity index (χ4n) is 3.31. The van der Waals surface area contributed by atoms with Crippen molar-refractivity contribution in [3.8, 4) is 0 Å². The number of piperazine rings is 1. The van der Waals surface area contributed by atoms with Gasteiger partial charge in [-0.3, -0.25) is 4.68 Å². The summed E-state index contributed by atoms with van der Waals surface area (Å²) in [5.41, 5.74) is 0.936. The van der Waals surface area contributed by atoms with E-state index in [-0.39, 0.29) is 12.4 Å². The summed E-state index contributed by atoms with van der Waals surface area (Å²) in [6.45, 7) is 6.29. The highest BCUT2D eigenvalue weighted by molar-refractivity contribution is 5.88. The quantitative estimate of drug-likeness (QED) is 0.819. The molecule has 23 heavy (non-hydrogen) atoms. The largest absolute Gasteiger partial charge is 0.353 e. The van der Waals surface area contributed by atoms with Crippen LogP contribution < -0.4 is 9.80 Å². The van der Waals surface area contributed by atoms with E-state index in [9.17, 15) is 0 Å². The fourth-order valence-corrected chi connectivity index (χ4v) is 3.31. The lowest BCUT2D eigenvalue weighted by Gasteiger charge is -2.33. The summed E-state index contributed by atoms with van der Waals surface area (Å²) in [4.78, 5) is 16.7. The molecule has 0 radical (unpaired) electrons. The Kier molecular flexibility index (Phi) is 4.59. The molecule has 4 rings (SSSR count). The van der Waals surface area contributed by atoms with Crippen molar-refractivity contribution in [2.24, 2.45) is 7.05 Å². The van der Waals surface area contributed by atoms with E-state index in [1.807, 2.05) is 17.9 Å². The van der Waals surface area contributed by atoms with Gasteiger partial charge in [0.25, 0.3) is 0 Å². The molecule has 0 N–H and O–H groups in total. The number of hydrogen-bond donors (Lipinski definition) is 0. The second-order valence-corrected chi connectivity index (χ2v) is 6.34. The monoisotopic (exact) mass is 337 g/mol. The highest BCUT2D eigenvalue weighted by Gasteiger charge is 2.23. The number of aromatic nitrogens is 4. The van der Waals surface area contributed by atoms with Gasteiger partial charge >= 0.3 is 0 Å². The molecule has 7 nitrogen and oxygen atoms in total. The molecule has 0 unspecified atom stereocenters. The first-order valence-corrected chi connectivity index (χ1v) is 8.10. The van der Waals surface area contributed by atoms with Gasteiger partial charge in [-0.05, 0) is 19.9 Å². The predicted octanol–water partition coefficient (Wildman–Crippen LogP) is 1.14. The first-order valence-electron chi connectivity index (χ1n) is 8.10. The average molecular weight is 338 g/mol. The van der Waals surface area contributed by atoms with Crippen molar-refractivity contribution in [1.82, 2.24) is 24.6 Å². The molecular weight excluding hydrogens is 314 g/mol. The van der Waals surface area contributed by atoms with E-state index in [1.54, 1.807) is 0 Å². The van der Waals surface area contributed by atoms with Crippen molar-refractivity contribution in [2.75, 3.05) is 56.1 Å². The Labute approximate surface area is 142 Å². The van der Waals surface area contributed by atoms with Gasteiger partial charge in [-0.2, -0.15) is 15.1 Å². The lowest BCUT2D eigenvalue weighted by atomic mass is 10.3. The number of halogens is 1. The Hall–Kier alpha value is -1.60. The molecule has 2 fully saturated rings. The minimum atomic E-state index is 0. The Morgan fingerprint density at radius 3 is 2.26 bits per heavy atom. The van der Waals surface area contributed by atoms with Crippen molar-refractivity contribution in [3.63, 3.8) is 0 Å². The Bertz CT molecular complexity index is 672. The van der Waals surface area contributed by atoms with Gasteiger partial charge in [-0.15, -0.1) is 12.4 Å². The highest BCUT2D eigenvalue weighted by Crippen LogP contribution is 2.28. The lowest BCUT2D eigenvalue weighted by molar-refractivity contribution is 0.312. The number of rotatable bonds is 2. The molecule has 4 heterocycles. The summed E-state index contributed by atoms with van der Waals surface area (Å²) in [5, 5.41) is 5.46. The van der Waals surface area contributed by atoms with Crippen molar-refractivity contribution >= 4 is 35.2 Å². The SMILES string of the molecule is CN1CCN(c2nc(N3CCCC3)nc3c2cnn3C)CC1.Cl. The standard InChI is InChI=1S/C15H23N7.ClH/c1-19-7-9-21(10-8-19)14-12-11-16-20(2)13(12)17-15(18-14)22-5-3-4-6-22;/h11H,3-10H2,1-2H3;1H. The molecule has 8 heteroatoms.